The predicted molar refractivity (Wildman–Crippen MR) is 143 cm³/mol. The van der Waals surface area contributed by atoms with E-state index in [-0.39, 0.29) is 24.4 Å². The van der Waals surface area contributed by atoms with E-state index in [1.165, 1.54) is 0 Å². The zero-order valence-corrected chi connectivity index (χ0v) is 21.9. The summed E-state index contributed by atoms with van der Waals surface area (Å²) in [5, 5.41) is 0.958. The van der Waals surface area contributed by atoms with Crippen LogP contribution in [0, 0.1) is 12.8 Å². The van der Waals surface area contributed by atoms with Gasteiger partial charge < -0.3 is 20.1 Å². The van der Waals surface area contributed by atoms with Gasteiger partial charge in [0.05, 0.1) is 22.0 Å². The normalized spacial score (nSPS) is 12.6. The van der Waals surface area contributed by atoms with E-state index in [1.807, 2.05) is 87.6 Å². The molecule has 3 aromatic rings. The molecule has 0 aliphatic rings. The minimum atomic E-state index is -0.296. The summed E-state index contributed by atoms with van der Waals surface area (Å²) in [6, 6.07) is 21.3. The molecule has 2 N–H and O–H groups in total. The highest BCUT2D eigenvalue weighted by Crippen LogP contribution is 2.34. The molecule has 5 nitrogen and oxygen atoms in total. The van der Waals surface area contributed by atoms with Crippen molar-refractivity contribution in [1.82, 2.24) is 4.90 Å². The van der Waals surface area contributed by atoms with Crippen molar-refractivity contribution in [3.8, 4) is 11.5 Å². The molecule has 0 aliphatic heterocycles. The maximum atomic E-state index is 13.1. The zero-order chi connectivity index (χ0) is 25.4. The molecule has 0 fully saturated rings. The average Bonchev–Trinajstić information content (AvgIpc) is 2.86. The average molecular weight is 515 g/mol. The van der Waals surface area contributed by atoms with Crippen LogP contribution < -0.4 is 15.2 Å². The highest BCUT2D eigenvalue weighted by atomic mass is 35.5. The van der Waals surface area contributed by atoms with Crippen LogP contribution in [0.25, 0.3) is 0 Å². The second kappa shape index (κ2) is 12.8. The van der Waals surface area contributed by atoms with Crippen molar-refractivity contribution in [1.29, 1.82) is 0 Å². The highest BCUT2D eigenvalue weighted by Gasteiger charge is 2.25. The van der Waals surface area contributed by atoms with Crippen LogP contribution in [0.2, 0.25) is 10.0 Å². The molecule has 0 bridgehead atoms. The van der Waals surface area contributed by atoms with Crippen LogP contribution in [0.15, 0.2) is 66.7 Å². The van der Waals surface area contributed by atoms with Crippen molar-refractivity contribution in [2.45, 2.75) is 26.3 Å². The minimum Gasteiger partial charge on any atom is -0.490 e. The van der Waals surface area contributed by atoms with Crippen LogP contribution in [0.3, 0.4) is 0 Å². The van der Waals surface area contributed by atoms with Gasteiger partial charge >= 0.3 is 0 Å². The third-order valence-electron chi connectivity index (χ3n) is 5.99. The quantitative estimate of drug-likeness (QED) is 0.314. The SMILES string of the molecule is Cc1cc(Cl)c(OCCOc2ccc(CC(CN)C(=O)N(C)C(C)c3ccccc3)cc2)c(Cl)c1. The lowest BCUT2D eigenvalue weighted by molar-refractivity contribution is -0.135. The number of amides is 1. The van der Waals surface area contributed by atoms with E-state index in [9.17, 15) is 4.79 Å². The van der Waals surface area contributed by atoms with Gasteiger partial charge in [0.1, 0.15) is 19.0 Å². The molecule has 0 aliphatic carbocycles. The fourth-order valence-corrected chi connectivity index (χ4v) is 4.54. The Kier molecular flexibility index (Phi) is 9.84. The third-order valence-corrected chi connectivity index (χ3v) is 6.55. The Labute approximate surface area is 217 Å². The van der Waals surface area contributed by atoms with Crippen molar-refractivity contribution in [3.63, 3.8) is 0 Å². The van der Waals surface area contributed by atoms with Crippen LogP contribution >= 0.6 is 23.2 Å². The van der Waals surface area contributed by atoms with Crippen LogP contribution in [0.4, 0.5) is 0 Å². The summed E-state index contributed by atoms with van der Waals surface area (Å²) in [6.07, 6.45) is 0.564. The van der Waals surface area contributed by atoms with Gasteiger partial charge in [-0.05, 0) is 61.2 Å². The Morgan fingerprint density at radius 1 is 0.971 bits per heavy atom. The highest BCUT2D eigenvalue weighted by molar-refractivity contribution is 6.37. The summed E-state index contributed by atoms with van der Waals surface area (Å²) in [7, 11) is 1.83. The smallest absolute Gasteiger partial charge is 0.227 e. The molecule has 0 aromatic heterocycles. The number of carbonyl (C=O) groups is 1. The van der Waals surface area contributed by atoms with Gasteiger partial charge in [0, 0.05) is 13.6 Å². The summed E-state index contributed by atoms with van der Waals surface area (Å²) >= 11 is 12.4. The van der Waals surface area contributed by atoms with Crippen molar-refractivity contribution in [2.75, 3.05) is 26.8 Å². The number of hydrogen-bond donors (Lipinski definition) is 1. The van der Waals surface area contributed by atoms with Crippen molar-refractivity contribution in [2.24, 2.45) is 11.7 Å². The van der Waals surface area contributed by atoms with Gasteiger partial charge in [0.25, 0.3) is 0 Å². The Hall–Kier alpha value is -2.73. The zero-order valence-electron chi connectivity index (χ0n) is 20.3. The van der Waals surface area contributed by atoms with E-state index < -0.39 is 0 Å². The second-order valence-electron chi connectivity index (χ2n) is 8.57. The molecule has 0 saturated carbocycles. The fraction of sp³-hybridized carbons (Fsp3) is 0.321. The number of aryl methyl sites for hydroxylation is 1. The Morgan fingerprint density at radius 2 is 1.57 bits per heavy atom. The van der Waals surface area contributed by atoms with Crippen molar-refractivity contribution in [3.05, 3.63) is 93.5 Å². The number of rotatable bonds is 11. The van der Waals surface area contributed by atoms with Crippen LogP contribution in [0.5, 0.6) is 11.5 Å². The molecule has 0 heterocycles. The number of ether oxygens (including phenoxy) is 2. The van der Waals surface area contributed by atoms with E-state index in [0.717, 1.165) is 16.7 Å². The van der Waals surface area contributed by atoms with Crippen LogP contribution in [0.1, 0.15) is 29.7 Å². The lowest BCUT2D eigenvalue weighted by Crippen LogP contribution is -2.39. The molecule has 0 radical (unpaired) electrons. The number of benzene rings is 3. The lowest BCUT2D eigenvalue weighted by Gasteiger charge is -2.29. The minimum absolute atomic E-state index is 0.0274. The molecule has 35 heavy (non-hydrogen) atoms. The second-order valence-corrected chi connectivity index (χ2v) is 9.39. The Balaban J connectivity index is 1.51. The Morgan fingerprint density at radius 3 is 2.17 bits per heavy atom. The van der Waals surface area contributed by atoms with Gasteiger partial charge in [-0.1, -0.05) is 65.7 Å². The molecule has 2 unspecified atom stereocenters. The van der Waals surface area contributed by atoms with Gasteiger partial charge in [-0.15, -0.1) is 0 Å². The van der Waals surface area contributed by atoms with E-state index in [0.29, 0.717) is 41.2 Å². The van der Waals surface area contributed by atoms with Gasteiger partial charge in [0.2, 0.25) is 5.91 Å². The summed E-state index contributed by atoms with van der Waals surface area (Å²) < 4.78 is 11.5. The topological polar surface area (TPSA) is 64.8 Å². The molecule has 186 valence electrons. The van der Waals surface area contributed by atoms with Crippen LogP contribution in [-0.4, -0.2) is 37.6 Å². The number of nitrogens with zero attached hydrogens (tertiary/aromatic N) is 1. The summed E-state index contributed by atoms with van der Waals surface area (Å²) in [5.41, 5.74) is 9.07. The number of carbonyl (C=O) groups excluding carboxylic acids is 1. The molecular formula is C28H32Cl2N2O3. The first kappa shape index (κ1) is 26.9. The van der Waals surface area contributed by atoms with Crippen molar-refractivity contribution >= 4 is 29.1 Å². The number of nitrogens with two attached hydrogens (primary N) is 1. The van der Waals surface area contributed by atoms with Crippen molar-refractivity contribution < 1.29 is 14.3 Å². The van der Waals surface area contributed by atoms with Crippen LogP contribution in [-0.2, 0) is 11.2 Å². The molecule has 0 saturated heterocycles. The summed E-state index contributed by atoms with van der Waals surface area (Å²) in [4.78, 5) is 14.9. The van der Waals surface area contributed by atoms with Gasteiger partial charge in [-0.25, -0.2) is 0 Å². The first-order chi connectivity index (χ1) is 16.8. The van der Waals surface area contributed by atoms with E-state index >= 15 is 0 Å². The predicted octanol–water partition coefficient (Wildman–Crippen LogP) is 6.10. The molecular weight excluding hydrogens is 483 g/mol. The van der Waals surface area contributed by atoms with Gasteiger partial charge in [0.15, 0.2) is 5.75 Å². The van der Waals surface area contributed by atoms with E-state index in [2.05, 4.69) is 0 Å². The Bertz CT molecular complexity index is 1080. The monoisotopic (exact) mass is 514 g/mol. The standard InChI is InChI=1S/C28H32Cl2N2O3/c1-19-15-25(29)27(26(30)16-19)35-14-13-34-24-11-9-21(10-12-24)17-23(18-31)28(33)32(3)20(2)22-7-5-4-6-8-22/h4-12,15-16,20,23H,13-14,17-18,31H2,1-3H3. The first-order valence-corrected chi connectivity index (χ1v) is 12.4. The van der Waals surface area contributed by atoms with E-state index in [1.54, 1.807) is 4.90 Å². The molecule has 1 amide bonds. The maximum absolute atomic E-state index is 13.1. The number of halogens is 2. The van der Waals surface area contributed by atoms with E-state index in [4.69, 9.17) is 38.4 Å². The van der Waals surface area contributed by atoms with Gasteiger partial charge in [-0.2, -0.15) is 0 Å². The first-order valence-electron chi connectivity index (χ1n) is 11.6. The molecule has 3 rings (SSSR count). The summed E-state index contributed by atoms with van der Waals surface area (Å²) in [6.45, 7) is 4.87. The molecule has 2 atom stereocenters. The molecule has 0 spiro atoms. The lowest BCUT2D eigenvalue weighted by atomic mass is 9.96. The third kappa shape index (κ3) is 7.38. The largest absolute Gasteiger partial charge is 0.490 e. The summed E-state index contributed by atoms with van der Waals surface area (Å²) in [5.74, 6) is 0.913. The fourth-order valence-electron chi connectivity index (χ4n) is 3.84. The number of hydrogen-bond acceptors (Lipinski definition) is 4. The maximum Gasteiger partial charge on any atom is 0.227 e. The van der Waals surface area contributed by atoms with Gasteiger partial charge in [-0.3, -0.25) is 4.79 Å². The molecule has 7 heteroatoms. The molecule has 3 aromatic carbocycles.